The van der Waals surface area contributed by atoms with Gasteiger partial charge in [-0.25, -0.2) is 8.78 Å². The van der Waals surface area contributed by atoms with Crippen LogP contribution in [0.25, 0.3) is 0 Å². The summed E-state index contributed by atoms with van der Waals surface area (Å²) < 4.78 is 27.0. The van der Waals surface area contributed by atoms with Gasteiger partial charge in [-0.2, -0.15) is 0 Å². The molecule has 0 saturated heterocycles. The van der Waals surface area contributed by atoms with Crippen LogP contribution >= 0.6 is 0 Å². The van der Waals surface area contributed by atoms with E-state index in [0.29, 0.717) is 12.8 Å². The maximum absolute atomic E-state index is 13.5. The van der Waals surface area contributed by atoms with Crippen LogP contribution in [-0.2, 0) is 0 Å². The Labute approximate surface area is 93.4 Å². The molecule has 2 unspecified atom stereocenters. The van der Waals surface area contributed by atoms with E-state index in [1.54, 1.807) is 0 Å². The Morgan fingerprint density at radius 3 is 1.20 bits per heavy atom. The topological polar surface area (TPSA) is 0 Å². The van der Waals surface area contributed by atoms with Crippen LogP contribution in [0.3, 0.4) is 0 Å². The monoisotopic (exact) mass is 220 g/mol. The van der Waals surface area contributed by atoms with Crippen molar-refractivity contribution < 1.29 is 8.78 Å². The highest BCUT2D eigenvalue weighted by atomic mass is 19.1. The van der Waals surface area contributed by atoms with Crippen LogP contribution in [0, 0.1) is 10.8 Å². The van der Waals surface area contributed by atoms with Crippen molar-refractivity contribution >= 4 is 0 Å². The zero-order chi connectivity index (χ0) is 12.3. The minimum atomic E-state index is -1.01. The lowest BCUT2D eigenvalue weighted by Crippen LogP contribution is -2.21. The predicted molar refractivity (Wildman–Crippen MR) is 62.6 cm³/mol. The van der Waals surface area contributed by atoms with Gasteiger partial charge in [0.2, 0.25) is 0 Å². The van der Waals surface area contributed by atoms with Crippen LogP contribution < -0.4 is 0 Å². The third-order valence-electron chi connectivity index (χ3n) is 2.18. The molecule has 0 N–H and O–H groups in total. The van der Waals surface area contributed by atoms with Crippen molar-refractivity contribution in [2.45, 2.75) is 73.1 Å². The largest absolute Gasteiger partial charge is 0.247 e. The zero-order valence-electron chi connectivity index (χ0n) is 11.0. The van der Waals surface area contributed by atoms with Crippen LogP contribution in [0.15, 0.2) is 0 Å². The fourth-order valence-electron chi connectivity index (χ4n) is 1.77. The summed E-state index contributed by atoms with van der Waals surface area (Å²) in [4.78, 5) is 0. The molecule has 0 aliphatic carbocycles. The van der Waals surface area contributed by atoms with Crippen molar-refractivity contribution in [3.63, 3.8) is 0 Å². The van der Waals surface area contributed by atoms with E-state index in [-0.39, 0.29) is 17.3 Å². The van der Waals surface area contributed by atoms with Gasteiger partial charge in [0.1, 0.15) is 12.3 Å². The summed E-state index contributed by atoms with van der Waals surface area (Å²) in [6.45, 7) is 11.9. The summed E-state index contributed by atoms with van der Waals surface area (Å²) in [5.41, 5.74) is -0.109. The van der Waals surface area contributed by atoms with Crippen molar-refractivity contribution in [3.8, 4) is 0 Å². The summed E-state index contributed by atoms with van der Waals surface area (Å²) in [5.74, 6) is 0. The Morgan fingerprint density at radius 2 is 1.00 bits per heavy atom. The summed E-state index contributed by atoms with van der Waals surface area (Å²) in [5, 5.41) is 0. The van der Waals surface area contributed by atoms with Gasteiger partial charge in [-0.15, -0.1) is 0 Å². The molecule has 0 aliphatic rings. The highest BCUT2D eigenvalue weighted by molar-refractivity contribution is 4.75. The molecule has 0 aromatic heterocycles. The molecule has 0 amide bonds. The highest BCUT2D eigenvalue weighted by Gasteiger charge is 2.24. The molecule has 2 heteroatoms. The molecule has 0 spiro atoms. The lowest BCUT2D eigenvalue weighted by atomic mass is 9.85. The first-order valence-electron chi connectivity index (χ1n) is 5.78. The van der Waals surface area contributed by atoms with Crippen LogP contribution in [0.1, 0.15) is 60.8 Å². The third kappa shape index (κ3) is 10.1. The van der Waals surface area contributed by atoms with Crippen LogP contribution in [0.2, 0.25) is 0 Å². The average molecular weight is 220 g/mol. The van der Waals surface area contributed by atoms with Gasteiger partial charge in [0.25, 0.3) is 0 Å². The third-order valence-corrected chi connectivity index (χ3v) is 2.18. The molecule has 0 aliphatic heterocycles. The van der Waals surface area contributed by atoms with Crippen LogP contribution in [0.4, 0.5) is 8.78 Å². The Morgan fingerprint density at radius 1 is 0.733 bits per heavy atom. The number of hydrogen-bond acceptors (Lipinski definition) is 0. The van der Waals surface area contributed by atoms with Crippen LogP contribution in [0.5, 0.6) is 0 Å². The molecule has 0 rings (SSSR count). The molecular weight excluding hydrogens is 194 g/mol. The van der Waals surface area contributed by atoms with Crippen molar-refractivity contribution in [3.05, 3.63) is 0 Å². The second-order valence-corrected chi connectivity index (χ2v) is 6.96. The second-order valence-electron chi connectivity index (χ2n) is 6.96. The predicted octanol–water partition coefficient (Wildman–Crippen LogP) is 4.93. The Bertz CT molecular complexity index is 154. The van der Waals surface area contributed by atoms with Crippen LogP contribution in [-0.4, -0.2) is 12.3 Å². The first kappa shape index (κ1) is 14.9. The number of rotatable bonds is 4. The fourth-order valence-corrected chi connectivity index (χ4v) is 1.77. The van der Waals surface area contributed by atoms with E-state index in [2.05, 4.69) is 0 Å². The quantitative estimate of drug-likeness (QED) is 0.630. The average Bonchev–Trinajstić information content (AvgIpc) is 1.73. The molecule has 0 radical (unpaired) electrons. The maximum atomic E-state index is 13.5. The summed E-state index contributed by atoms with van der Waals surface area (Å²) in [6.07, 6.45) is -1.09. The first-order valence-corrected chi connectivity index (χ1v) is 5.78. The van der Waals surface area contributed by atoms with Crippen molar-refractivity contribution in [1.29, 1.82) is 0 Å². The molecule has 0 nitrogen and oxygen atoms in total. The van der Waals surface area contributed by atoms with E-state index in [1.165, 1.54) is 0 Å². The molecule has 15 heavy (non-hydrogen) atoms. The van der Waals surface area contributed by atoms with Gasteiger partial charge >= 0.3 is 0 Å². The van der Waals surface area contributed by atoms with Gasteiger partial charge in [-0.05, 0) is 23.7 Å². The Kier molecular flexibility index (Phi) is 5.22. The van der Waals surface area contributed by atoms with Gasteiger partial charge < -0.3 is 0 Å². The van der Waals surface area contributed by atoms with Gasteiger partial charge in [-0.3, -0.25) is 0 Å². The van der Waals surface area contributed by atoms with E-state index >= 15 is 0 Å². The summed E-state index contributed by atoms with van der Waals surface area (Å²) in [6, 6.07) is 0. The molecule has 0 heterocycles. The van der Waals surface area contributed by atoms with Crippen molar-refractivity contribution in [1.82, 2.24) is 0 Å². The maximum Gasteiger partial charge on any atom is 0.103 e. The number of halogens is 2. The lowest BCUT2D eigenvalue weighted by molar-refractivity contribution is 0.139. The highest BCUT2D eigenvalue weighted by Crippen LogP contribution is 2.29. The van der Waals surface area contributed by atoms with Crippen molar-refractivity contribution in [2.24, 2.45) is 10.8 Å². The van der Waals surface area contributed by atoms with E-state index in [4.69, 9.17) is 0 Å². The molecule has 92 valence electrons. The van der Waals surface area contributed by atoms with Gasteiger partial charge in [-0.1, -0.05) is 41.5 Å². The van der Waals surface area contributed by atoms with E-state index < -0.39 is 12.3 Å². The minimum Gasteiger partial charge on any atom is -0.247 e. The normalized spacial score (nSPS) is 17.6. The smallest absolute Gasteiger partial charge is 0.103 e. The molecule has 0 bridgehead atoms. The molecule has 0 aromatic rings. The Hall–Kier alpha value is -0.140. The second kappa shape index (κ2) is 5.27. The molecule has 0 aromatic carbocycles. The van der Waals surface area contributed by atoms with E-state index in [1.807, 2.05) is 41.5 Å². The number of hydrogen-bond donors (Lipinski definition) is 0. The SMILES string of the molecule is CC(C)(C)CC(F)CC(F)CC(C)(C)C. The van der Waals surface area contributed by atoms with Gasteiger partial charge in [0.15, 0.2) is 0 Å². The standard InChI is InChI=1S/C13H26F2/c1-12(2,3)8-10(14)7-11(15)9-13(4,5)6/h10-11H,7-9H2,1-6H3. The van der Waals surface area contributed by atoms with Crippen molar-refractivity contribution in [2.75, 3.05) is 0 Å². The Balaban J connectivity index is 3.92. The fraction of sp³-hybridized carbons (Fsp3) is 1.00. The molecule has 0 saturated carbocycles. The minimum absolute atomic E-state index is 0.0501. The summed E-state index contributed by atoms with van der Waals surface area (Å²) >= 11 is 0. The zero-order valence-corrected chi connectivity index (χ0v) is 11.0. The molecule has 0 fully saturated rings. The molecular formula is C13H26F2. The van der Waals surface area contributed by atoms with Gasteiger partial charge in [0.05, 0.1) is 0 Å². The molecule has 2 atom stereocenters. The first-order chi connectivity index (χ1) is 6.49. The van der Waals surface area contributed by atoms with E-state index in [0.717, 1.165) is 0 Å². The van der Waals surface area contributed by atoms with E-state index in [9.17, 15) is 8.78 Å². The number of alkyl halides is 2. The lowest BCUT2D eigenvalue weighted by Gasteiger charge is -2.24. The summed E-state index contributed by atoms with van der Waals surface area (Å²) in [7, 11) is 0. The van der Waals surface area contributed by atoms with Gasteiger partial charge in [0, 0.05) is 6.42 Å².